The van der Waals surface area contributed by atoms with Crippen LogP contribution in [0, 0.1) is 5.82 Å². The molecule has 9 nitrogen and oxygen atoms in total. The predicted molar refractivity (Wildman–Crippen MR) is 125 cm³/mol. The van der Waals surface area contributed by atoms with Gasteiger partial charge in [0.1, 0.15) is 11.5 Å². The van der Waals surface area contributed by atoms with E-state index in [9.17, 15) is 14.0 Å². The molecule has 1 aromatic carbocycles. The van der Waals surface area contributed by atoms with Crippen LogP contribution in [0.1, 0.15) is 17.3 Å². The number of hydrogen-bond acceptors (Lipinski definition) is 6. The summed E-state index contributed by atoms with van der Waals surface area (Å²) in [5.74, 6) is -0.346. The van der Waals surface area contributed by atoms with E-state index in [-0.39, 0.29) is 11.7 Å². The molecule has 0 aliphatic carbocycles. The molecule has 10 heteroatoms. The highest BCUT2D eigenvalue weighted by atomic mass is 19.1. The van der Waals surface area contributed by atoms with E-state index in [0.29, 0.717) is 35.0 Å². The fraction of sp³-hybridized carbons (Fsp3) is 0.167. The number of carbonyl (C=O) groups is 2. The highest BCUT2D eigenvalue weighted by Crippen LogP contribution is 2.26. The third kappa shape index (κ3) is 4.51. The van der Waals surface area contributed by atoms with Crippen LogP contribution >= 0.6 is 0 Å². The number of halogens is 1. The largest absolute Gasteiger partial charge is 0.491 e. The van der Waals surface area contributed by atoms with E-state index in [1.165, 1.54) is 30.2 Å². The van der Waals surface area contributed by atoms with Gasteiger partial charge in [0.25, 0.3) is 5.91 Å². The number of ether oxygens (including phenoxy) is 2. The molecule has 4 aromatic rings. The van der Waals surface area contributed by atoms with Gasteiger partial charge in [0.05, 0.1) is 31.2 Å². The van der Waals surface area contributed by atoms with Crippen molar-refractivity contribution in [1.29, 1.82) is 0 Å². The number of imidazole rings is 1. The molecule has 0 spiro atoms. The topological polar surface area (TPSA) is 98.1 Å². The number of hydrogen-bond donors (Lipinski definition) is 1. The normalized spacial score (nSPS) is 10.7. The Morgan fingerprint density at radius 3 is 2.65 bits per heavy atom. The molecule has 2 amide bonds. The van der Waals surface area contributed by atoms with Crippen LogP contribution in [0.25, 0.3) is 16.9 Å². The van der Waals surface area contributed by atoms with Gasteiger partial charge in [-0.2, -0.15) is 0 Å². The Labute approximate surface area is 194 Å². The summed E-state index contributed by atoms with van der Waals surface area (Å²) in [6.45, 7) is 2.07. The van der Waals surface area contributed by atoms with E-state index in [4.69, 9.17) is 4.74 Å². The average Bonchev–Trinajstić information content (AvgIpc) is 3.28. The van der Waals surface area contributed by atoms with E-state index in [2.05, 4.69) is 20.0 Å². The van der Waals surface area contributed by atoms with Gasteiger partial charge >= 0.3 is 6.09 Å². The number of pyridine rings is 2. The number of rotatable bonds is 6. The smallest absolute Gasteiger partial charge is 0.412 e. The van der Waals surface area contributed by atoms with E-state index in [1.807, 2.05) is 0 Å². The Morgan fingerprint density at radius 1 is 1.12 bits per heavy atom. The van der Waals surface area contributed by atoms with Crippen LogP contribution in [0.4, 0.5) is 20.7 Å². The van der Waals surface area contributed by atoms with Crippen molar-refractivity contribution in [2.75, 3.05) is 31.0 Å². The lowest BCUT2D eigenvalue weighted by atomic mass is 10.2. The van der Waals surface area contributed by atoms with Gasteiger partial charge in [-0.15, -0.1) is 0 Å². The standard InChI is InChI=1S/C24H22FN5O4/c1-4-34-20-11-17(7-8-18(20)25)29(2)23(31)16-6-10-22-27-13-19(30(22)14-16)15-5-9-21(26-12-15)28-24(32)33-3/h5-14H,4H2,1-3H3,(H,26,28,32). The van der Waals surface area contributed by atoms with Crippen molar-refractivity contribution in [3.8, 4) is 17.0 Å². The number of benzene rings is 1. The minimum atomic E-state index is -0.614. The van der Waals surface area contributed by atoms with Crippen molar-refractivity contribution in [3.63, 3.8) is 0 Å². The van der Waals surface area contributed by atoms with Crippen LogP contribution in [0.2, 0.25) is 0 Å². The molecule has 4 rings (SSSR count). The van der Waals surface area contributed by atoms with Gasteiger partial charge in [0, 0.05) is 36.8 Å². The number of aromatic nitrogens is 3. The maximum atomic E-state index is 13.9. The first-order valence-electron chi connectivity index (χ1n) is 10.4. The Hall–Kier alpha value is -4.47. The third-order valence-electron chi connectivity index (χ3n) is 5.13. The summed E-state index contributed by atoms with van der Waals surface area (Å²) in [5.41, 5.74) is 3.00. The number of fused-ring (bicyclic) bond motifs is 1. The van der Waals surface area contributed by atoms with Crippen LogP contribution in [-0.2, 0) is 4.74 Å². The van der Waals surface area contributed by atoms with Crippen molar-refractivity contribution in [2.24, 2.45) is 0 Å². The molecule has 0 bridgehead atoms. The third-order valence-corrected chi connectivity index (χ3v) is 5.13. The maximum Gasteiger partial charge on any atom is 0.412 e. The molecule has 34 heavy (non-hydrogen) atoms. The van der Waals surface area contributed by atoms with Crippen molar-refractivity contribution in [1.82, 2.24) is 14.4 Å². The van der Waals surface area contributed by atoms with Crippen molar-refractivity contribution < 1.29 is 23.5 Å². The molecule has 1 N–H and O–H groups in total. The molecule has 0 saturated heterocycles. The molecule has 0 aliphatic rings. The first kappa shape index (κ1) is 22.7. The quantitative estimate of drug-likeness (QED) is 0.456. The van der Waals surface area contributed by atoms with Gasteiger partial charge in [-0.05, 0) is 43.3 Å². The monoisotopic (exact) mass is 463 g/mol. The van der Waals surface area contributed by atoms with E-state index < -0.39 is 11.9 Å². The maximum absolute atomic E-state index is 13.9. The highest BCUT2D eigenvalue weighted by molar-refractivity contribution is 6.05. The average molecular weight is 463 g/mol. The molecule has 0 aliphatic heterocycles. The van der Waals surface area contributed by atoms with E-state index in [1.54, 1.807) is 61.2 Å². The lowest BCUT2D eigenvalue weighted by Crippen LogP contribution is -2.26. The van der Waals surface area contributed by atoms with Crippen LogP contribution in [-0.4, -0.2) is 47.1 Å². The minimum absolute atomic E-state index is 0.0876. The van der Waals surface area contributed by atoms with Crippen molar-refractivity contribution in [2.45, 2.75) is 6.92 Å². The summed E-state index contributed by atoms with van der Waals surface area (Å²) in [6, 6.07) is 11.1. The number of carbonyl (C=O) groups excluding carboxylic acids is 2. The molecule has 0 fully saturated rings. The molecule has 0 unspecified atom stereocenters. The Bertz CT molecular complexity index is 1350. The molecular weight excluding hydrogens is 441 g/mol. The summed E-state index contributed by atoms with van der Waals surface area (Å²) < 4.78 is 25.6. The molecule has 0 radical (unpaired) electrons. The Balaban J connectivity index is 1.63. The Kier molecular flexibility index (Phi) is 6.39. The molecule has 0 atom stereocenters. The predicted octanol–water partition coefficient (Wildman–Crippen LogP) is 4.39. The van der Waals surface area contributed by atoms with Gasteiger partial charge in [-0.1, -0.05) is 0 Å². The summed E-state index contributed by atoms with van der Waals surface area (Å²) in [4.78, 5) is 34.6. The molecule has 174 valence electrons. The van der Waals surface area contributed by atoms with Gasteiger partial charge in [0.15, 0.2) is 11.6 Å². The highest BCUT2D eigenvalue weighted by Gasteiger charge is 2.17. The second-order valence-electron chi connectivity index (χ2n) is 7.25. The summed E-state index contributed by atoms with van der Waals surface area (Å²) >= 11 is 0. The van der Waals surface area contributed by atoms with Crippen molar-refractivity contribution in [3.05, 3.63) is 72.4 Å². The summed E-state index contributed by atoms with van der Waals surface area (Å²) in [7, 11) is 2.88. The fourth-order valence-corrected chi connectivity index (χ4v) is 3.37. The Morgan fingerprint density at radius 2 is 1.94 bits per heavy atom. The lowest BCUT2D eigenvalue weighted by molar-refractivity contribution is 0.0992. The zero-order valence-electron chi connectivity index (χ0n) is 18.8. The van der Waals surface area contributed by atoms with Crippen LogP contribution in [0.15, 0.2) is 61.1 Å². The SMILES string of the molecule is CCOc1cc(N(C)C(=O)c2ccc3ncc(-c4ccc(NC(=O)OC)nc4)n3c2)ccc1F. The molecule has 3 aromatic heterocycles. The van der Waals surface area contributed by atoms with Crippen LogP contribution in [0.3, 0.4) is 0 Å². The zero-order valence-corrected chi connectivity index (χ0v) is 18.8. The lowest BCUT2D eigenvalue weighted by Gasteiger charge is -2.19. The number of nitrogens with zero attached hydrogens (tertiary/aromatic N) is 4. The second kappa shape index (κ2) is 9.57. The minimum Gasteiger partial charge on any atom is -0.491 e. The van der Waals surface area contributed by atoms with E-state index >= 15 is 0 Å². The summed E-state index contributed by atoms with van der Waals surface area (Å²) in [6.07, 6.45) is 4.33. The van der Waals surface area contributed by atoms with Gasteiger partial charge < -0.3 is 14.4 Å². The number of amides is 2. The first-order valence-corrected chi connectivity index (χ1v) is 10.4. The second-order valence-corrected chi connectivity index (χ2v) is 7.25. The molecular formula is C24H22FN5O4. The fourth-order valence-electron chi connectivity index (χ4n) is 3.37. The van der Waals surface area contributed by atoms with Crippen LogP contribution in [0.5, 0.6) is 5.75 Å². The first-order chi connectivity index (χ1) is 16.4. The van der Waals surface area contributed by atoms with Crippen LogP contribution < -0.4 is 15.0 Å². The summed E-state index contributed by atoms with van der Waals surface area (Å²) in [5, 5.41) is 2.49. The molecule has 0 saturated carbocycles. The van der Waals surface area contributed by atoms with Crippen molar-refractivity contribution >= 4 is 29.2 Å². The zero-order chi connectivity index (χ0) is 24.2. The van der Waals surface area contributed by atoms with E-state index in [0.717, 1.165) is 5.56 Å². The number of nitrogens with one attached hydrogen (secondary N) is 1. The molecule has 3 heterocycles. The van der Waals surface area contributed by atoms with Gasteiger partial charge in [-0.25, -0.2) is 19.2 Å². The number of methoxy groups -OCH3 is 1. The van der Waals surface area contributed by atoms with Gasteiger partial charge in [0.2, 0.25) is 0 Å². The van der Waals surface area contributed by atoms with Gasteiger partial charge in [-0.3, -0.25) is 14.5 Å². The number of anilines is 2.